The zero-order valence-electron chi connectivity index (χ0n) is 13.0. The van der Waals surface area contributed by atoms with E-state index < -0.39 is 5.97 Å². The molecule has 116 valence electrons. The van der Waals surface area contributed by atoms with Crippen molar-refractivity contribution in [2.45, 2.75) is 20.0 Å². The monoisotopic (exact) mass is 307 g/mol. The third kappa shape index (κ3) is 4.45. The molecule has 0 atom stereocenters. The predicted molar refractivity (Wildman–Crippen MR) is 89.1 cm³/mol. The highest BCUT2D eigenvalue weighted by Gasteiger charge is 2.05. The van der Waals surface area contributed by atoms with E-state index in [0.717, 1.165) is 11.3 Å². The number of carboxylic acids is 1. The van der Waals surface area contributed by atoms with Crippen molar-refractivity contribution in [3.63, 3.8) is 0 Å². The van der Waals surface area contributed by atoms with Crippen LogP contribution in [0.5, 0.6) is 5.75 Å². The second-order valence-electron chi connectivity index (χ2n) is 5.29. The first kappa shape index (κ1) is 16.3. The van der Waals surface area contributed by atoms with E-state index >= 15 is 0 Å². The number of hydrogen-bond acceptors (Lipinski definition) is 3. The van der Waals surface area contributed by atoms with Gasteiger partial charge in [-0.05, 0) is 55.3 Å². The van der Waals surface area contributed by atoms with Crippen LogP contribution in [0.1, 0.15) is 35.3 Å². The second kappa shape index (κ2) is 7.28. The van der Waals surface area contributed by atoms with Crippen LogP contribution in [-0.2, 0) is 0 Å². The number of nitrogens with zero attached hydrogens (tertiary/aromatic N) is 1. The van der Waals surface area contributed by atoms with Gasteiger partial charge in [-0.15, -0.1) is 0 Å². The molecule has 0 aliphatic heterocycles. The molecular formula is C19H17NO3. The minimum Gasteiger partial charge on any atom is -0.491 e. The van der Waals surface area contributed by atoms with Crippen LogP contribution in [0.4, 0.5) is 0 Å². The topological polar surface area (TPSA) is 70.3 Å². The summed E-state index contributed by atoms with van der Waals surface area (Å²) in [5.41, 5.74) is 2.22. The van der Waals surface area contributed by atoms with Gasteiger partial charge in [0, 0.05) is 0 Å². The Labute approximate surface area is 135 Å². The van der Waals surface area contributed by atoms with Gasteiger partial charge in [-0.2, -0.15) is 5.26 Å². The number of hydrogen-bond donors (Lipinski definition) is 1. The number of benzene rings is 2. The summed E-state index contributed by atoms with van der Waals surface area (Å²) < 4.78 is 5.58. The third-order valence-electron chi connectivity index (χ3n) is 3.13. The fraction of sp³-hybridized carbons (Fsp3) is 0.158. The maximum Gasteiger partial charge on any atom is 0.335 e. The Morgan fingerprint density at radius 1 is 1.09 bits per heavy atom. The van der Waals surface area contributed by atoms with E-state index in [2.05, 4.69) is 6.07 Å². The van der Waals surface area contributed by atoms with E-state index in [4.69, 9.17) is 9.84 Å². The Morgan fingerprint density at radius 3 is 2.13 bits per heavy atom. The lowest BCUT2D eigenvalue weighted by molar-refractivity contribution is 0.0697. The van der Waals surface area contributed by atoms with Crippen LogP contribution in [0.25, 0.3) is 11.6 Å². The van der Waals surface area contributed by atoms with E-state index in [1.807, 2.05) is 38.1 Å². The minimum atomic E-state index is -0.986. The van der Waals surface area contributed by atoms with Crippen LogP contribution in [0.3, 0.4) is 0 Å². The molecule has 4 heteroatoms. The molecule has 0 amide bonds. The number of allylic oxidation sites excluding steroid dienone is 1. The zero-order valence-corrected chi connectivity index (χ0v) is 13.0. The SMILES string of the molecule is CC(C)Oc1ccc(/C=C(/C#N)c2ccc(C(=O)O)cc2)cc1. The van der Waals surface area contributed by atoms with Crippen molar-refractivity contribution in [3.8, 4) is 11.8 Å². The number of nitriles is 1. The van der Waals surface area contributed by atoms with Crippen molar-refractivity contribution in [1.82, 2.24) is 0 Å². The first-order chi connectivity index (χ1) is 11.0. The lowest BCUT2D eigenvalue weighted by atomic mass is 10.0. The molecule has 0 radical (unpaired) electrons. The first-order valence-electron chi connectivity index (χ1n) is 7.22. The molecule has 0 heterocycles. The fourth-order valence-corrected chi connectivity index (χ4v) is 2.05. The van der Waals surface area contributed by atoms with Gasteiger partial charge in [-0.1, -0.05) is 24.3 Å². The molecule has 0 unspecified atom stereocenters. The summed E-state index contributed by atoms with van der Waals surface area (Å²) in [6, 6.07) is 15.9. The molecule has 2 rings (SSSR count). The number of aromatic carboxylic acids is 1. The molecule has 0 aromatic heterocycles. The van der Waals surface area contributed by atoms with Crippen LogP contribution >= 0.6 is 0 Å². The van der Waals surface area contributed by atoms with Gasteiger partial charge in [-0.25, -0.2) is 4.79 Å². The van der Waals surface area contributed by atoms with Gasteiger partial charge in [0.1, 0.15) is 5.75 Å². The van der Waals surface area contributed by atoms with E-state index in [1.54, 1.807) is 18.2 Å². The highest BCUT2D eigenvalue weighted by Crippen LogP contribution is 2.20. The summed E-state index contributed by atoms with van der Waals surface area (Å²) in [6.07, 6.45) is 1.87. The Balaban J connectivity index is 2.24. The Bertz CT molecular complexity index is 751. The summed E-state index contributed by atoms with van der Waals surface area (Å²) in [5, 5.41) is 18.2. The molecule has 2 aromatic rings. The molecule has 0 saturated heterocycles. The molecule has 0 aliphatic rings. The van der Waals surface area contributed by atoms with E-state index in [9.17, 15) is 10.1 Å². The molecule has 0 bridgehead atoms. The van der Waals surface area contributed by atoms with Crippen LogP contribution in [0.2, 0.25) is 0 Å². The summed E-state index contributed by atoms with van der Waals surface area (Å²) in [7, 11) is 0. The van der Waals surface area contributed by atoms with Crippen molar-refractivity contribution in [3.05, 3.63) is 65.2 Å². The number of ether oxygens (including phenoxy) is 1. The summed E-state index contributed by atoms with van der Waals surface area (Å²) in [6.45, 7) is 3.92. The molecule has 1 N–H and O–H groups in total. The minimum absolute atomic E-state index is 0.110. The average molecular weight is 307 g/mol. The summed E-state index contributed by atoms with van der Waals surface area (Å²) in [5.74, 6) is -0.207. The Kier molecular flexibility index (Phi) is 5.16. The van der Waals surface area contributed by atoms with Gasteiger partial charge < -0.3 is 9.84 Å². The van der Waals surface area contributed by atoms with Crippen molar-refractivity contribution >= 4 is 17.6 Å². The smallest absolute Gasteiger partial charge is 0.335 e. The van der Waals surface area contributed by atoms with Crippen molar-refractivity contribution in [2.75, 3.05) is 0 Å². The molecule has 2 aromatic carbocycles. The van der Waals surface area contributed by atoms with Gasteiger partial charge in [0.05, 0.1) is 23.3 Å². The molecule has 4 nitrogen and oxygen atoms in total. The van der Waals surface area contributed by atoms with E-state index in [1.165, 1.54) is 12.1 Å². The lowest BCUT2D eigenvalue weighted by Gasteiger charge is -2.09. The van der Waals surface area contributed by atoms with Crippen LogP contribution in [0.15, 0.2) is 48.5 Å². The van der Waals surface area contributed by atoms with Crippen LogP contribution < -0.4 is 4.74 Å². The number of carboxylic acid groups (broad SMARTS) is 1. The Hall–Kier alpha value is -3.06. The van der Waals surface area contributed by atoms with Gasteiger partial charge in [0.2, 0.25) is 0 Å². The molecule has 0 aliphatic carbocycles. The predicted octanol–water partition coefficient (Wildman–Crippen LogP) is 4.24. The molecule has 0 fully saturated rings. The maximum absolute atomic E-state index is 10.9. The maximum atomic E-state index is 10.9. The standard InChI is InChI=1S/C19H17NO3/c1-13(2)23-18-9-3-14(4-10-18)11-17(12-20)15-5-7-16(8-6-15)19(21)22/h3-11,13H,1-2H3,(H,21,22)/b17-11-. The summed E-state index contributed by atoms with van der Waals surface area (Å²) in [4.78, 5) is 10.9. The van der Waals surface area contributed by atoms with Gasteiger partial charge in [-0.3, -0.25) is 0 Å². The highest BCUT2D eigenvalue weighted by molar-refractivity contribution is 5.92. The van der Waals surface area contributed by atoms with Gasteiger partial charge in [0.25, 0.3) is 0 Å². The first-order valence-corrected chi connectivity index (χ1v) is 7.22. The quantitative estimate of drug-likeness (QED) is 0.662. The number of carbonyl (C=O) groups is 1. The molecular weight excluding hydrogens is 290 g/mol. The normalized spacial score (nSPS) is 11.1. The van der Waals surface area contributed by atoms with Crippen molar-refractivity contribution in [2.24, 2.45) is 0 Å². The average Bonchev–Trinajstić information content (AvgIpc) is 2.53. The second-order valence-corrected chi connectivity index (χ2v) is 5.29. The molecule has 0 saturated carbocycles. The fourth-order valence-electron chi connectivity index (χ4n) is 2.05. The zero-order chi connectivity index (χ0) is 16.8. The Morgan fingerprint density at radius 2 is 1.65 bits per heavy atom. The lowest BCUT2D eigenvalue weighted by Crippen LogP contribution is -2.05. The highest BCUT2D eigenvalue weighted by atomic mass is 16.5. The number of rotatable bonds is 5. The molecule has 0 spiro atoms. The third-order valence-corrected chi connectivity index (χ3v) is 3.13. The van der Waals surface area contributed by atoms with Crippen molar-refractivity contribution < 1.29 is 14.6 Å². The van der Waals surface area contributed by atoms with Gasteiger partial charge >= 0.3 is 5.97 Å². The van der Waals surface area contributed by atoms with E-state index in [0.29, 0.717) is 11.1 Å². The van der Waals surface area contributed by atoms with Gasteiger partial charge in [0.15, 0.2) is 0 Å². The summed E-state index contributed by atoms with van der Waals surface area (Å²) >= 11 is 0. The largest absolute Gasteiger partial charge is 0.491 e. The van der Waals surface area contributed by atoms with E-state index in [-0.39, 0.29) is 11.7 Å². The van der Waals surface area contributed by atoms with Crippen LogP contribution in [-0.4, -0.2) is 17.2 Å². The van der Waals surface area contributed by atoms with Crippen LogP contribution in [0, 0.1) is 11.3 Å². The van der Waals surface area contributed by atoms with Crippen molar-refractivity contribution in [1.29, 1.82) is 5.26 Å². The molecule has 23 heavy (non-hydrogen) atoms.